The number of carbonyl (C=O) groups is 2. The van der Waals surface area contributed by atoms with Gasteiger partial charge in [-0.1, -0.05) is 0 Å². The summed E-state index contributed by atoms with van der Waals surface area (Å²) >= 11 is 0. The number of nitrogens with zero attached hydrogens (tertiary/aromatic N) is 1. The van der Waals surface area contributed by atoms with E-state index in [9.17, 15) is 9.59 Å². The molecule has 0 unspecified atom stereocenters. The van der Waals surface area contributed by atoms with Crippen LogP contribution in [0.15, 0.2) is 24.3 Å². The lowest BCUT2D eigenvalue weighted by atomic mass is 9.96. The Morgan fingerprint density at radius 3 is 2.46 bits per heavy atom. The monoisotopic (exact) mass is 390 g/mol. The third kappa shape index (κ3) is 5.23. The van der Waals surface area contributed by atoms with Gasteiger partial charge >= 0.3 is 5.97 Å². The van der Waals surface area contributed by atoms with Gasteiger partial charge in [0.2, 0.25) is 0 Å². The van der Waals surface area contributed by atoms with Gasteiger partial charge in [-0.05, 0) is 38.1 Å². The molecule has 2 heterocycles. The van der Waals surface area contributed by atoms with Gasteiger partial charge in [-0.2, -0.15) is 0 Å². The zero-order valence-electron chi connectivity index (χ0n) is 16.9. The van der Waals surface area contributed by atoms with Crippen LogP contribution in [-0.2, 0) is 19.1 Å². The van der Waals surface area contributed by atoms with Crippen LogP contribution in [0.25, 0.3) is 0 Å². The largest absolute Gasteiger partial charge is 0.466 e. The molecule has 2 aliphatic rings. The van der Waals surface area contributed by atoms with Crippen molar-refractivity contribution in [2.75, 3.05) is 56.2 Å². The van der Waals surface area contributed by atoms with Crippen molar-refractivity contribution in [3.8, 4) is 0 Å². The van der Waals surface area contributed by atoms with E-state index >= 15 is 0 Å². The molecule has 3 rings (SSSR count). The van der Waals surface area contributed by atoms with Gasteiger partial charge in [0, 0.05) is 37.3 Å². The molecule has 2 N–H and O–H groups in total. The van der Waals surface area contributed by atoms with Crippen LogP contribution in [0.5, 0.6) is 0 Å². The molecule has 1 atom stereocenters. The first-order valence-electron chi connectivity index (χ1n) is 10.3. The lowest BCUT2D eigenvalue weighted by molar-refractivity contribution is -0.919. The highest BCUT2D eigenvalue weighted by atomic mass is 16.5. The Hall–Kier alpha value is -2.12. The van der Waals surface area contributed by atoms with E-state index in [0.29, 0.717) is 6.61 Å². The van der Waals surface area contributed by atoms with Crippen LogP contribution >= 0.6 is 0 Å². The van der Waals surface area contributed by atoms with Gasteiger partial charge in [-0.3, -0.25) is 9.59 Å². The maximum atomic E-state index is 12.7. The number of esters is 1. The van der Waals surface area contributed by atoms with Gasteiger partial charge < -0.3 is 24.6 Å². The number of morpholine rings is 1. The highest BCUT2D eigenvalue weighted by molar-refractivity contribution is 5.93. The first-order valence-corrected chi connectivity index (χ1v) is 10.3. The number of amides is 1. The van der Waals surface area contributed by atoms with E-state index in [1.54, 1.807) is 0 Å². The zero-order chi connectivity index (χ0) is 19.9. The minimum absolute atomic E-state index is 0.0173. The van der Waals surface area contributed by atoms with Gasteiger partial charge in [-0.25, -0.2) is 0 Å². The van der Waals surface area contributed by atoms with E-state index in [2.05, 4.69) is 10.2 Å². The number of carbonyl (C=O) groups excluding carboxylic acids is 2. The molecule has 2 saturated heterocycles. The SMILES string of the molecule is CCOC(=O)C1CC[NH+]([C@@H](C)C(=O)Nc2ccc(N3CCOCC3)cc2)CC1. The topological polar surface area (TPSA) is 72.3 Å². The lowest BCUT2D eigenvalue weighted by Gasteiger charge is -2.31. The maximum Gasteiger partial charge on any atom is 0.309 e. The Morgan fingerprint density at radius 2 is 1.86 bits per heavy atom. The molecule has 1 aromatic rings. The molecular formula is C21H32N3O4+. The number of hydrogen-bond donors (Lipinski definition) is 2. The van der Waals surface area contributed by atoms with Crippen LogP contribution in [0, 0.1) is 5.92 Å². The predicted molar refractivity (Wildman–Crippen MR) is 108 cm³/mol. The molecule has 7 heteroatoms. The van der Waals surface area contributed by atoms with Gasteiger partial charge in [0.05, 0.1) is 38.8 Å². The van der Waals surface area contributed by atoms with E-state index < -0.39 is 0 Å². The van der Waals surface area contributed by atoms with Crippen LogP contribution in [-0.4, -0.2) is 63.9 Å². The molecule has 7 nitrogen and oxygen atoms in total. The third-order valence-electron chi connectivity index (χ3n) is 5.76. The predicted octanol–water partition coefficient (Wildman–Crippen LogP) is 0.708. The average molecular weight is 391 g/mol. The number of quaternary nitrogens is 1. The van der Waals surface area contributed by atoms with Crippen molar-refractivity contribution in [3.63, 3.8) is 0 Å². The summed E-state index contributed by atoms with van der Waals surface area (Å²) in [7, 11) is 0. The summed E-state index contributed by atoms with van der Waals surface area (Å²) < 4.78 is 10.5. The molecule has 0 bridgehead atoms. The van der Waals surface area contributed by atoms with Gasteiger partial charge in [-0.15, -0.1) is 0 Å². The molecule has 0 saturated carbocycles. The molecule has 1 amide bonds. The second-order valence-electron chi connectivity index (χ2n) is 7.54. The maximum absolute atomic E-state index is 12.7. The van der Waals surface area contributed by atoms with Crippen molar-refractivity contribution in [2.24, 2.45) is 5.92 Å². The van der Waals surface area contributed by atoms with Crippen LogP contribution < -0.4 is 15.1 Å². The standard InChI is InChI=1S/C21H31N3O4/c1-3-28-21(26)17-8-10-23(11-9-17)16(2)20(25)22-18-4-6-19(7-5-18)24-12-14-27-15-13-24/h4-7,16-17H,3,8-15H2,1-2H3,(H,22,25)/p+1/t16-/m0/s1. The van der Waals surface area contributed by atoms with Gasteiger partial charge in [0.15, 0.2) is 6.04 Å². The van der Waals surface area contributed by atoms with Crippen molar-refractivity contribution < 1.29 is 24.0 Å². The Balaban J connectivity index is 1.48. The van der Waals surface area contributed by atoms with Gasteiger partial charge in [0.1, 0.15) is 0 Å². The highest BCUT2D eigenvalue weighted by Gasteiger charge is 2.33. The zero-order valence-corrected chi connectivity index (χ0v) is 16.9. The fraction of sp³-hybridized carbons (Fsp3) is 0.619. The number of hydrogen-bond acceptors (Lipinski definition) is 5. The van der Waals surface area contributed by atoms with E-state index in [0.717, 1.165) is 63.6 Å². The fourth-order valence-corrected chi connectivity index (χ4v) is 3.93. The quantitative estimate of drug-likeness (QED) is 0.700. The van der Waals surface area contributed by atoms with E-state index in [1.165, 1.54) is 4.90 Å². The number of piperidine rings is 1. The first kappa shape index (κ1) is 20.6. The molecule has 1 aromatic carbocycles. The Morgan fingerprint density at radius 1 is 1.21 bits per heavy atom. The Bertz CT molecular complexity index is 650. The number of anilines is 2. The first-order chi connectivity index (χ1) is 13.6. The number of likely N-dealkylation sites (tertiary alicyclic amines) is 1. The molecule has 28 heavy (non-hydrogen) atoms. The van der Waals surface area contributed by atoms with Crippen LogP contribution in [0.2, 0.25) is 0 Å². The van der Waals surface area contributed by atoms with Crippen LogP contribution in [0.4, 0.5) is 11.4 Å². The molecule has 0 spiro atoms. The average Bonchev–Trinajstić information content (AvgIpc) is 2.74. The second-order valence-corrected chi connectivity index (χ2v) is 7.54. The summed E-state index contributed by atoms with van der Waals surface area (Å²) in [4.78, 5) is 28.0. The third-order valence-corrected chi connectivity index (χ3v) is 5.76. The molecule has 2 fully saturated rings. The summed E-state index contributed by atoms with van der Waals surface area (Å²) in [5.74, 6) is -0.102. The van der Waals surface area contributed by atoms with Crippen molar-refractivity contribution in [1.29, 1.82) is 0 Å². The summed E-state index contributed by atoms with van der Waals surface area (Å²) in [6.45, 7) is 9.14. The van der Waals surface area contributed by atoms with Gasteiger partial charge in [0.25, 0.3) is 5.91 Å². The summed E-state index contributed by atoms with van der Waals surface area (Å²) in [5, 5.41) is 3.03. The molecular weight excluding hydrogens is 358 g/mol. The summed E-state index contributed by atoms with van der Waals surface area (Å²) in [6.07, 6.45) is 1.56. The molecule has 2 aliphatic heterocycles. The molecule has 154 valence electrons. The lowest BCUT2D eigenvalue weighted by Crippen LogP contribution is -3.17. The van der Waals surface area contributed by atoms with Crippen molar-refractivity contribution in [2.45, 2.75) is 32.7 Å². The normalized spacial score (nSPS) is 23.7. The smallest absolute Gasteiger partial charge is 0.309 e. The van der Waals surface area contributed by atoms with Crippen LogP contribution in [0.1, 0.15) is 26.7 Å². The molecule has 0 aromatic heterocycles. The molecule has 0 radical (unpaired) electrons. The highest BCUT2D eigenvalue weighted by Crippen LogP contribution is 2.19. The number of nitrogens with one attached hydrogen (secondary N) is 2. The number of ether oxygens (including phenoxy) is 2. The summed E-state index contributed by atoms with van der Waals surface area (Å²) in [5.41, 5.74) is 1.97. The molecule has 0 aliphatic carbocycles. The summed E-state index contributed by atoms with van der Waals surface area (Å²) in [6, 6.07) is 7.85. The number of rotatable bonds is 6. The second kappa shape index (κ2) is 9.89. The Kier molecular flexibility index (Phi) is 7.28. The van der Waals surface area contributed by atoms with Crippen LogP contribution in [0.3, 0.4) is 0 Å². The number of benzene rings is 1. The van der Waals surface area contributed by atoms with Crippen molar-refractivity contribution >= 4 is 23.3 Å². The Labute approximate surface area is 167 Å². The minimum atomic E-state index is -0.151. The van der Waals surface area contributed by atoms with E-state index in [4.69, 9.17) is 9.47 Å². The van der Waals surface area contributed by atoms with Crippen molar-refractivity contribution in [1.82, 2.24) is 0 Å². The fourth-order valence-electron chi connectivity index (χ4n) is 3.93. The minimum Gasteiger partial charge on any atom is -0.466 e. The van der Waals surface area contributed by atoms with E-state index in [-0.39, 0.29) is 23.8 Å². The van der Waals surface area contributed by atoms with E-state index in [1.807, 2.05) is 38.1 Å². The van der Waals surface area contributed by atoms with Crippen molar-refractivity contribution in [3.05, 3.63) is 24.3 Å².